The van der Waals surface area contributed by atoms with Crippen LogP contribution < -0.4 is 5.73 Å². The molecule has 0 aliphatic heterocycles. The van der Waals surface area contributed by atoms with E-state index in [0.29, 0.717) is 12.4 Å². The van der Waals surface area contributed by atoms with E-state index in [9.17, 15) is 4.79 Å². The van der Waals surface area contributed by atoms with E-state index in [0.717, 1.165) is 0 Å². The van der Waals surface area contributed by atoms with Crippen molar-refractivity contribution in [2.45, 2.75) is 6.54 Å². The van der Waals surface area contributed by atoms with Gasteiger partial charge in [-0.25, -0.2) is 9.97 Å². The number of halogens is 1. The molecule has 0 saturated carbocycles. The minimum Gasteiger partial charge on any atom is -0.384 e. The number of nitrogen functional groups attached to an aromatic ring is 1. The zero-order valence-electron chi connectivity index (χ0n) is 9.72. The van der Waals surface area contributed by atoms with Crippen molar-refractivity contribution >= 4 is 23.3 Å². The number of nitrogens with two attached hydrogens (primary N) is 1. The lowest BCUT2D eigenvalue weighted by Gasteiger charge is -2.16. The molecule has 0 aromatic carbocycles. The van der Waals surface area contributed by atoms with Gasteiger partial charge in [-0.1, -0.05) is 11.6 Å². The van der Waals surface area contributed by atoms with Crippen LogP contribution in [0.2, 0.25) is 5.02 Å². The summed E-state index contributed by atoms with van der Waals surface area (Å²) in [6.45, 7) is 0.346. The van der Waals surface area contributed by atoms with Crippen LogP contribution >= 0.6 is 11.6 Å². The van der Waals surface area contributed by atoms with Crippen LogP contribution in [0.3, 0.4) is 0 Å². The topological polar surface area (TPSA) is 87.9 Å². The van der Waals surface area contributed by atoms with Crippen molar-refractivity contribution in [1.82, 2.24) is 19.9 Å². The predicted molar refractivity (Wildman–Crippen MR) is 68.0 cm³/mol. The number of hydrogen-bond acceptors (Lipinski definition) is 4. The first kappa shape index (κ1) is 12.4. The lowest BCUT2D eigenvalue weighted by atomic mass is 10.3. The van der Waals surface area contributed by atoms with E-state index in [1.165, 1.54) is 4.90 Å². The highest BCUT2D eigenvalue weighted by Gasteiger charge is 2.18. The Morgan fingerprint density at radius 2 is 2.33 bits per heavy atom. The van der Waals surface area contributed by atoms with Gasteiger partial charge in [-0.15, -0.1) is 0 Å². The van der Waals surface area contributed by atoms with Crippen molar-refractivity contribution in [3.05, 3.63) is 41.1 Å². The molecule has 2 rings (SSSR count). The van der Waals surface area contributed by atoms with Crippen molar-refractivity contribution in [1.29, 1.82) is 0 Å². The first-order chi connectivity index (χ1) is 8.58. The third kappa shape index (κ3) is 2.60. The fraction of sp³-hybridized carbons (Fsp3) is 0.182. The van der Waals surface area contributed by atoms with Gasteiger partial charge in [0.25, 0.3) is 5.91 Å². The molecule has 7 heteroatoms. The van der Waals surface area contributed by atoms with Crippen LogP contribution in [0.15, 0.2) is 24.5 Å². The van der Waals surface area contributed by atoms with E-state index in [2.05, 4.69) is 15.0 Å². The molecule has 0 radical (unpaired) electrons. The number of nitrogens with one attached hydrogen (secondary N) is 1. The molecular formula is C11H12ClN5O. The molecule has 2 aromatic heterocycles. The zero-order chi connectivity index (χ0) is 13.1. The number of pyridine rings is 1. The van der Waals surface area contributed by atoms with Crippen LogP contribution in [-0.2, 0) is 6.54 Å². The number of anilines is 1. The number of aromatic amines is 1. The molecule has 0 aliphatic rings. The minimum atomic E-state index is -0.302. The number of nitrogens with zero attached hydrogens (tertiary/aromatic N) is 3. The summed E-state index contributed by atoms with van der Waals surface area (Å²) in [4.78, 5) is 24.5. The van der Waals surface area contributed by atoms with Gasteiger partial charge >= 0.3 is 0 Å². The number of carbonyl (C=O) groups is 1. The van der Waals surface area contributed by atoms with Gasteiger partial charge in [0.1, 0.15) is 17.3 Å². The highest BCUT2D eigenvalue weighted by Crippen LogP contribution is 2.17. The molecule has 94 valence electrons. The second-order valence-corrected chi connectivity index (χ2v) is 4.17. The first-order valence-electron chi connectivity index (χ1n) is 5.23. The Morgan fingerprint density at radius 1 is 1.56 bits per heavy atom. The summed E-state index contributed by atoms with van der Waals surface area (Å²) >= 11 is 5.93. The molecule has 18 heavy (non-hydrogen) atoms. The molecule has 0 saturated heterocycles. The van der Waals surface area contributed by atoms with Crippen molar-refractivity contribution in [2.24, 2.45) is 0 Å². The maximum atomic E-state index is 12.1. The summed E-state index contributed by atoms with van der Waals surface area (Å²) in [5.41, 5.74) is 5.69. The van der Waals surface area contributed by atoms with Crippen molar-refractivity contribution in [3.63, 3.8) is 0 Å². The highest BCUT2D eigenvalue weighted by molar-refractivity contribution is 6.33. The maximum Gasteiger partial charge on any atom is 0.274 e. The second kappa shape index (κ2) is 5.05. The van der Waals surface area contributed by atoms with Gasteiger partial charge in [0.15, 0.2) is 0 Å². The number of aromatic nitrogens is 3. The Morgan fingerprint density at radius 3 is 3.00 bits per heavy atom. The molecule has 0 aliphatic carbocycles. The molecule has 0 spiro atoms. The van der Waals surface area contributed by atoms with Crippen molar-refractivity contribution in [3.8, 4) is 0 Å². The number of hydrogen-bond donors (Lipinski definition) is 2. The first-order valence-corrected chi connectivity index (χ1v) is 5.61. The summed E-state index contributed by atoms with van der Waals surface area (Å²) in [7, 11) is 1.64. The Balaban J connectivity index is 2.17. The Bertz CT molecular complexity index is 555. The molecule has 1 amide bonds. The molecule has 6 nitrogen and oxygen atoms in total. The largest absolute Gasteiger partial charge is 0.384 e. The molecule has 0 bridgehead atoms. The third-order valence-corrected chi connectivity index (χ3v) is 2.66. The highest BCUT2D eigenvalue weighted by atomic mass is 35.5. The SMILES string of the molecule is CN(Cc1ncc[nH]1)C(=O)c1nc(N)ccc1Cl. The molecular weight excluding hydrogens is 254 g/mol. The number of amides is 1. The number of H-pyrrole nitrogens is 1. The molecule has 0 unspecified atom stereocenters. The molecule has 3 N–H and O–H groups in total. The van der Waals surface area contributed by atoms with E-state index in [1.54, 1.807) is 31.6 Å². The summed E-state index contributed by atoms with van der Waals surface area (Å²) < 4.78 is 0. The molecule has 0 atom stereocenters. The van der Waals surface area contributed by atoms with E-state index in [1.807, 2.05) is 0 Å². The van der Waals surface area contributed by atoms with Crippen LogP contribution in [0, 0.1) is 0 Å². The summed E-state index contributed by atoms with van der Waals surface area (Å²) in [6.07, 6.45) is 3.32. The Hall–Kier alpha value is -2.08. The van der Waals surface area contributed by atoms with Crippen LogP contribution in [0.4, 0.5) is 5.82 Å². The van der Waals surface area contributed by atoms with E-state index < -0.39 is 0 Å². The zero-order valence-corrected chi connectivity index (χ0v) is 10.5. The van der Waals surface area contributed by atoms with Gasteiger partial charge in [-0.05, 0) is 12.1 Å². The van der Waals surface area contributed by atoms with E-state index in [4.69, 9.17) is 17.3 Å². The standard InChI is InChI=1S/C11H12ClN5O/c1-17(6-9-14-4-5-15-9)11(18)10-7(12)2-3-8(13)16-10/h2-5H,6H2,1H3,(H2,13,16)(H,14,15). The van der Waals surface area contributed by atoms with E-state index >= 15 is 0 Å². The predicted octanol–water partition coefficient (Wildman–Crippen LogP) is 1.31. The normalized spacial score (nSPS) is 10.3. The minimum absolute atomic E-state index is 0.144. The summed E-state index contributed by atoms with van der Waals surface area (Å²) in [5.74, 6) is 0.642. The maximum absolute atomic E-state index is 12.1. The molecule has 2 aromatic rings. The van der Waals surface area contributed by atoms with Gasteiger partial charge in [0.2, 0.25) is 0 Å². The van der Waals surface area contributed by atoms with Crippen LogP contribution in [0.1, 0.15) is 16.3 Å². The lowest BCUT2D eigenvalue weighted by molar-refractivity contribution is 0.0776. The fourth-order valence-electron chi connectivity index (χ4n) is 1.47. The smallest absolute Gasteiger partial charge is 0.274 e. The van der Waals surface area contributed by atoms with Crippen LogP contribution in [-0.4, -0.2) is 32.8 Å². The number of rotatable bonds is 3. The Kier molecular flexibility index (Phi) is 3.47. The summed E-state index contributed by atoms with van der Waals surface area (Å²) in [5, 5.41) is 0.278. The van der Waals surface area contributed by atoms with E-state index in [-0.39, 0.29) is 22.4 Å². The lowest BCUT2D eigenvalue weighted by Crippen LogP contribution is -2.28. The molecule has 2 heterocycles. The van der Waals surface area contributed by atoms with Crippen LogP contribution in [0.25, 0.3) is 0 Å². The number of imidazole rings is 1. The quantitative estimate of drug-likeness (QED) is 0.876. The van der Waals surface area contributed by atoms with Crippen molar-refractivity contribution in [2.75, 3.05) is 12.8 Å². The molecule has 0 fully saturated rings. The van der Waals surface area contributed by atoms with Gasteiger partial charge in [-0.3, -0.25) is 4.79 Å². The second-order valence-electron chi connectivity index (χ2n) is 3.76. The monoisotopic (exact) mass is 265 g/mol. The fourth-order valence-corrected chi connectivity index (χ4v) is 1.65. The van der Waals surface area contributed by atoms with Gasteiger partial charge in [-0.2, -0.15) is 0 Å². The average Bonchev–Trinajstić information content (AvgIpc) is 2.84. The van der Waals surface area contributed by atoms with Gasteiger partial charge in [0, 0.05) is 19.4 Å². The van der Waals surface area contributed by atoms with Gasteiger partial charge < -0.3 is 15.6 Å². The van der Waals surface area contributed by atoms with Crippen LogP contribution in [0.5, 0.6) is 0 Å². The Labute approximate surface area is 109 Å². The van der Waals surface area contributed by atoms with Crippen molar-refractivity contribution < 1.29 is 4.79 Å². The third-order valence-electron chi connectivity index (χ3n) is 2.36. The average molecular weight is 266 g/mol. The van der Waals surface area contributed by atoms with Gasteiger partial charge in [0.05, 0.1) is 11.6 Å². The number of carbonyl (C=O) groups excluding carboxylic acids is 1. The summed E-state index contributed by atoms with van der Waals surface area (Å²) in [6, 6.07) is 3.10.